The standard InChI is InChI=1S/C14H17N3O2/c15-8-11-2-1-3-12(7-11)16-14(19)17-13(9-18)6-10-4-5-10/h1-3,7,10,13,18H,4-6,9H2,(H2,16,17,19). The van der Waals surface area contributed by atoms with Crippen molar-refractivity contribution in [2.75, 3.05) is 11.9 Å². The molecule has 5 heteroatoms. The molecule has 3 N–H and O–H groups in total. The molecular weight excluding hydrogens is 242 g/mol. The van der Waals surface area contributed by atoms with Crippen molar-refractivity contribution in [1.29, 1.82) is 5.26 Å². The van der Waals surface area contributed by atoms with E-state index in [2.05, 4.69) is 10.6 Å². The van der Waals surface area contributed by atoms with E-state index in [4.69, 9.17) is 5.26 Å². The summed E-state index contributed by atoms with van der Waals surface area (Å²) in [5.74, 6) is 0.638. The summed E-state index contributed by atoms with van der Waals surface area (Å²) in [5, 5.41) is 23.4. The highest BCUT2D eigenvalue weighted by atomic mass is 16.3. The third kappa shape index (κ3) is 4.27. The van der Waals surface area contributed by atoms with Crippen molar-refractivity contribution >= 4 is 11.7 Å². The number of hydrogen-bond donors (Lipinski definition) is 3. The highest BCUT2D eigenvalue weighted by Crippen LogP contribution is 2.33. The van der Waals surface area contributed by atoms with E-state index < -0.39 is 0 Å². The summed E-state index contributed by atoms with van der Waals surface area (Å²) in [4.78, 5) is 11.8. The molecule has 1 aromatic carbocycles. The van der Waals surface area contributed by atoms with Crippen molar-refractivity contribution in [3.63, 3.8) is 0 Å². The largest absolute Gasteiger partial charge is 0.394 e. The number of carbonyl (C=O) groups is 1. The molecule has 5 nitrogen and oxygen atoms in total. The van der Waals surface area contributed by atoms with E-state index in [0.29, 0.717) is 17.2 Å². The number of nitrogens with one attached hydrogen (secondary N) is 2. The van der Waals surface area contributed by atoms with Gasteiger partial charge in [0.15, 0.2) is 0 Å². The summed E-state index contributed by atoms with van der Waals surface area (Å²) >= 11 is 0. The molecule has 0 radical (unpaired) electrons. The molecule has 0 heterocycles. The smallest absolute Gasteiger partial charge is 0.319 e. The predicted octanol–water partition coefficient (Wildman–Crippen LogP) is 1.84. The number of amides is 2. The van der Waals surface area contributed by atoms with Gasteiger partial charge in [-0.2, -0.15) is 5.26 Å². The molecule has 1 unspecified atom stereocenters. The van der Waals surface area contributed by atoms with Crippen LogP contribution in [0, 0.1) is 17.2 Å². The first kappa shape index (κ1) is 13.4. The van der Waals surface area contributed by atoms with Gasteiger partial charge in [0.1, 0.15) is 0 Å². The average molecular weight is 259 g/mol. The number of rotatable bonds is 5. The molecule has 0 spiro atoms. The van der Waals surface area contributed by atoms with E-state index in [1.54, 1.807) is 24.3 Å². The minimum atomic E-state index is -0.352. The molecule has 1 aliphatic rings. The number of nitriles is 1. The fourth-order valence-corrected chi connectivity index (χ4v) is 1.95. The van der Waals surface area contributed by atoms with Gasteiger partial charge in [0.2, 0.25) is 0 Å². The van der Waals surface area contributed by atoms with Crippen LogP contribution in [0.3, 0.4) is 0 Å². The summed E-state index contributed by atoms with van der Waals surface area (Å²) in [7, 11) is 0. The second-order valence-electron chi connectivity index (χ2n) is 4.85. The summed E-state index contributed by atoms with van der Waals surface area (Å²) in [5.41, 5.74) is 1.06. The maximum atomic E-state index is 11.8. The van der Waals surface area contributed by atoms with Crippen LogP contribution in [0.5, 0.6) is 0 Å². The summed E-state index contributed by atoms with van der Waals surface area (Å²) in [6, 6.07) is 8.17. The van der Waals surface area contributed by atoms with Crippen LogP contribution in [0.15, 0.2) is 24.3 Å². The highest BCUT2D eigenvalue weighted by molar-refractivity contribution is 5.89. The van der Waals surface area contributed by atoms with Crippen LogP contribution in [0.2, 0.25) is 0 Å². The normalized spacial score (nSPS) is 15.4. The zero-order chi connectivity index (χ0) is 13.7. The maximum Gasteiger partial charge on any atom is 0.319 e. The van der Waals surface area contributed by atoms with Gasteiger partial charge in [0.25, 0.3) is 0 Å². The topological polar surface area (TPSA) is 85.2 Å². The second kappa shape index (κ2) is 6.21. The molecule has 1 saturated carbocycles. The number of aliphatic hydroxyl groups excluding tert-OH is 1. The summed E-state index contributed by atoms with van der Waals surface area (Å²) < 4.78 is 0. The Morgan fingerprint density at radius 3 is 2.95 bits per heavy atom. The second-order valence-corrected chi connectivity index (χ2v) is 4.85. The Hall–Kier alpha value is -2.06. The summed E-state index contributed by atoms with van der Waals surface area (Å²) in [6.45, 7) is -0.0534. The molecule has 1 aromatic rings. The van der Waals surface area contributed by atoms with Crippen molar-refractivity contribution in [1.82, 2.24) is 5.32 Å². The van der Waals surface area contributed by atoms with Gasteiger partial charge in [-0.05, 0) is 30.5 Å². The highest BCUT2D eigenvalue weighted by Gasteiger charge is 2.25. The van der Waals surface area contributed by atoms with Crippen LogP contribution in [0.25, 0.3) is 0 Å². The van der Waals surface area contributed by atoms with Crippen LogP contribution < -0.4 is 10.6 Å². The molecular formula is C14H17N3O2. The van der Waals surface area contributed by atoms with Gasteiger partial charge in [-0.25, -0.2) is 4.79 Å². The van der Waals surface area contributed by atoms with Crippen LogP contribution in [0.1, 0.15) is 24.8 Å². The van der Waals surface area contributed by atoms with Crippen molar-refractivity contribution in [2.24, 2.45) is 5.92 Å². The van der Waals surface area contributed by atoms with Crippen LogP contribution in [-0.2, 0) is 0 Å². The number of carbonyl (C=O) groups excluding carboxylic acids is 1. The number of hydrogen-bond acceptors (Lipinski definition) is 3. The minimum Gasteiger partial charge on any atom is -0.394 e. The zero-order valence-corrected chi connectivity index (χ0v) is 10.6. The lowest BCUT2D eigenvalue weighted by Gasteiger charge is -2.16. The first-order chi connectivity index (χ1) is 9.21. The van der Waals surface area contributed by atoms with Gasteiger partial charge < -0.3 is 15.7 Å². The first-order valence-corrected chi connectivity index (χ1v) is 6.40. The number of nitrogens with zero attached hydrogens (tertiary/aromatic N) is 1. The van der Waals surface area contributed by atoms with Gasteiger partial charge in [-0.15, -0.1) is 0 Å². The molecule has 0 aliphatic heterocycles. The van der Waals surface area contributed by atoms with Gasteiger partial charge in [0, 0.05) is 5.69 Å². The van der Waals surface area contributed by atoms with E-state index in [1.165, 1.54) is 12.8 Å². The fourth-order valence-electron chi connectivity index (χ4n) is 1.95. The SMILES string of the molecule is N#Cc1cccc(NC(=O)NC(CO)CC2CC2)c1. The molecule has 1 fully saturated rings. The van der Waals surface area contributed by atoms with Crippen LogP contribution in [-0.4, -0.2) is 23.8 Å². The minimum absolute atomic E-state index is 0.0534. The Labute approximate surface area is 112 Å². The van der Waals surface area contributed by atoms with E-state index >= 15 is 0 Å². The molecule has 19 heavy (non-hydrogen) atoms. The van der Waals surface area contributed by atoms with Crippen molar-refractivity contribution in [3.05, 3.63) is 29.8 Å². The van der Waals surface area contributed by atoms with Crippen LogP contribution in [0.4, 0.5) is 10.5 Å². The number of anilines is 1. The number of aliphatic hydroxyl groups is 1. The van der Waals surface area contributed by atoms with Crippen molar-refractivity contribution in [3.8, 4) is 6.07 Å². The molecule has 0 saturated heterocycles. The van der Waals surface area contributed by atoms with E-state index in [0.717, 1.165) is 6.42 Å². The molecule has 2 rings (SSSR count). The Morgan fingerprint density at radius 1 is 1.53 bits per heavy atom. The zero-order valence-electron chi connectivity index (χ0n) is 10.6. The average Bonchev–Trinajstić information content (AvgIpc) is 3.22. The lowest BCUT2D eigenvalue weighted by atomic mass is 10.1. The lowest BCUT2D eigenvalue weighted by Crippen LogP contribution is -2.40. The predicted molar refractivity (Wildman–Crippen MR) is 71.5 cm³/mol. The Bertz CT molecular complexity index is 492. The van der Waals surface area contributed by atoms with E-state index in [9.17, 15) is 9.90 Å². The monoisotopic (exact) mass is 259 g/mol. The fraction of sp³-hybridized carbons (Fsp3) is 0.429. The molecule has 100 valence electrons. The van der Waals surface area contributed by atoms with Gasteiger partial charge in [-0.1, -0.05) is 18.9 Å². The van der Waals surface area contributed by atoms with E-state index in [-0.39, 0.29) is 18.7 Å². The number of urea groups is 1. The van der Waals surface area contributed by atoms with Gasteiger partial charge in [0.05, 0.1) is 24.3 Å². The molecule has 2 amide bonds. The third-order valence-corrected chi connectivity index (χ3v) is 3.12. The molecule has 0 aromatic heterocycles. The molecule has 1 aliphatic carbocycles. The van der Waals surface area contributed by atoms with Gasteiger partial charge >= 0.3 is 6.03 Å². The Kier molecular flexibility index (Phi) is 4.37. The van der Waals surface area contributed by atoms with Crippen LogP contribution >= 0.6 is 0 Å². The molecule has 0 bridgehead atoms. The third-order valence-electron chi connectivity index (χ3n) is 3.12. The van der Waals surface area contributed by atoms with E-state index in [1.807, 2.05) is 6.07 Å². The molecule has 1 atom stereocenters. The quantitative estimate of drug-likeness (QED) is 0.754. The maximum absolute atomic E-state index is 11.8. The van der Waals surface area contributed by atoms with Crippen molar-refractivity contribution in [2.45, 2.75) is 25.3 Å². The first-order valence-electron chi connectivity index (χ1n) is 6.40. The van der Waals surface area contributed by atoms with Crippen molar-refractivity contribution < 1.29 is 9.90 Å². The Balaban J connectivity index is 1.86. The Morgan fingerprint density at radius 2 is 2.32 bits per heavy atom. The summed E-state index contributed by atoms with van der Waals surface area (Å²) in [6.07, 6.45) is 3.19. The number of benzene rings is 1. The van der Waals surface area contributed by atoms with Gasteiger partial charge in [-0.3, -0.25) is 0 Å². The lowest BCUT2D eigenvalue weighted by molar-refractivity contribution is 0.218.